The van der Waals surface area contributed by atoms with Crippen molar-refractivity contribution in [3.05, 3.63) is 23.9 Å². The number of aromatic nitrogens is 1. The zero-order valence-electron chi connectivity index (χ0n) is 6.90. The summed E-state index contributed by atoms with van der Waals surface area (Å²) in [4.78, 5) is 3.77. The Morgan fingerprint density at radius 3 is 2.67 bits per heavy atom. The summed E-state index contributed by atoms with van der Waals surface area (Å²) in [6.45, 7) is 1.71. The minimum Gasteiger partial charge on any atom is -0.243 e. The van der Waals surface area contributed by atoms with E-state index in [1.165, 1.54) is 13.2 Å². The van der Waals surface area contributed by atoms with Gasteiger partial charge >= 0.3 is 0 Å². The van der Waals surface area contributed by atoms with Crippen molar-refractivity contribution in [3.8, 4) is 0 Å². The third-order valence-electron chi connectivity index (χ3n) is 1.48. The third kappa shape index (κ3) is 1.62. The molecule has 1 rings (SSSR count). The number of sulfonamides is 1. The lowest BCUT2D eigenvalue weighted by Crippen LogP contribution is -2.20. The molecule has 0 aliphatic heterocycles. The largest absolute Gasteiger partial charge is 0.258 e. The minimum atomic E-state index is -3.39. The van der Waals surface area contributed by atoms with E-state index in [2.05, 4.69) is 9.71 Å². The topological polar surface area (TPSA) is 59.1 Å². The molecule has 0 bridgehead atoms. The van der Waals surface area contributed by atoms with Crippen molar-refractivity contribution < 1.29 is 8.42 Å². The molecule has 0 aliphatic carbocycles. The van der Waals surface area contributed by atoms with E-state index in [9.17, 15) is 8.42 Å². The maximum atomic E-state index is 11.2. The van der Waals surface area contributed by atoms with E-state index in [1.54, 1.807) is 19.1 Å². The molecule has 1 aromatic heterocycles. The van der Waals surface area contributed by atoms with Crippen LogP contribution in [0.5, 0.6) is 0 Å². The van der Waals surface area contributed by atoms with Crippen LogP contribution in [-0.2, 0) is 10.0 Å². The molecule has 0 fully saturated rings. The van der Waals surface area contributed by atoms with Crippen LogP contribution < -0.4 is 4.72 Å². The van der Waals surface area contributed by atoms with E-state index < -0.39 is 10.0 Å². The highest BCUT2D eigenvalue weighted by Crippen LogP contribution is 2.08. The molecule has 0 spiro atoms. The highest BCUT2D eigenvalue weighted by atomic mass is 32.2. The SMILES string of the molecule is CNS(=O)(=O)c1ncccc1C. The maximum absolute atomic E-state index is 11.2. The van der Waals surface area contributed by atoms with Gasteiger partial charge in [-0.3, -0.25) is 0 Å². The zero-order chi connectivity index (χ0) is 9.19. The van der Waals surface area contributed by atoms with Crippen molar-refractivity contribution in [2.75, 3.05) is 7.05 Å². The quantitative estimate of drug-likeness (QED) is 0.722. The van der Waals surface area contributed by atoms with Crippen molar-refractivity contribution in [1.82, 2.24) is 9.71 Å². The summed E-state index contributed by atoms with van der Waals surface area (Å²) in [5.41, 5.74) is 0.645. The highest BCUT2D eigenvalue weighted by Gasteiger charge is 2.14. The molecule has 66 valence electrons. The summed E-state index contributed by atoms with van der Waals surface area (Å²) in [5, 5.41) is 0.0903. The molecule has 0 aliphatic rings. The lowest BCUT2D eigenvalue weighted by Gasteiger charge is -2.03. The number of nitrogens with one attached hydrogen (secondary N) is 1. The molecule has 0 saturated heterocycles. The molecular weight excluding hydrogens is 176 g/mol. The Kier molecular flexibility index (Phi) is 2.44. The maximum Gasteiger partial charge on any atom is 0.258 e. The molecule has 5 heteroatoms. The second-order valence-electron chi connectivity index (χ2n) is 2.33. The van der Waals surface area contributed by atoms with Gasteiger partial charge in [0.2, 0.25) is 0 Å². The van der Waals surface area contributed by atoms with Gasteiger partial charge in [0, 0.05) is 6.20 Å². The standard InChI is InChI=1S/C7H10N2O2S/c1-6-4-3-5-9-7(6)12(10,11)8-2/h3-5,8H,1-2H3. The molecule has 4 nitrogen and oxygen atoms in total. The van der Waals surface area contributed by atoms with E-state index in [4.69, 9.17) is 0 Å². The van der Waals surface area contributed by atoms with E-state index in [1.807, 2.05) is 0 Å². The van der Waals surface area contributed by atoms with Gasteiger partial charge in [0.1, 0.15) is 0 Å². The fourth-order valence-electron chi connectivity index (χ4n) is 0.849. The summed E-state index contributed by atoms with van der Waals surface area (Å²) in [6.07, 6.45) is 1.46. The lowest BCUT2D eigenvalue weighted by atomic mass is 10.3. The Balaban J connectivity index is 3.30. The Bertz CT molecular complexity index is 373. The summed E-state index contributed by atoms with van der Waals surface area (Å²) in [7, 11) is -2.03. The van der Waals surface area contributed by atoms with Crippen molar-refractivity contribution in [2.45, 2.75) is 11.9 Å². The monoisotopic (exact) mass is 186 g/mol. The lowest BCUT2D eigenvalue weighted by molar-refractivity contribution is 0.583. The van der Waals surface area contributed by atoms with Gasteiger partial charge in [0.25, 0.3) is 10.0 Å². The number of nitrogens with zero attached hydrogens (tertiary/aromatic N) is 1. The molecule has 12 heavy (non-hydrogen) atoms. The smallest absolute Gasteiger partial charge is 0.243 e. The number of rotatable bonds is 2. The molecule has 0 unspecified atom stereocenters. The van der Waals surface area contributed by atoms with Gasteiger partial charge in [-0.2, -0.15) is 0 Å². The van der Waals surface area contributed by atoms with Crippen LogP contribution in [0, 0.1) is 6.92 Å². The van der Waals surface area contributed by atoms with Crippen molar-refractivity contribution in [1.29, 1.82) is 0 Å². The second-order valence-corrected chi connectivity index (χ2v) is 4.13. The molecule has 1 heterocycles. The van der Waals surface area contributed by atoms with Crippen molar-refractivity contribution in [2.24, 2.45) is 0 Å². The number of hydrogen-bond acceptors (Lipinski definition) is 3. The van der Waals surface area contributed by atoms with Crippen LogP contribution in [0.25, 0.3) is 0 Å². The molecular formula is C7H10N2O2S. The Morgan fingerprint density at radius 1 is 1.50 bits per heavy atom. The van der Waals surface area contributed by atoms with E-state index in [0.29, 0.717) is 5.56 Å². The highest BCUT2D eigenvalue weighted by molar-refractivity contribution is 7.89. The summed E-state index contributed by atoms with van der Waals surface area (Å²) in [5.74, 6) is 0. The molecule has 1 N–H and O–H groups in total. The summed E-state index contributed by atoms with van der Waals surface area (Å²) >= 11 is 0. The van der Waals surface area contributed by atoms with Gasteiger partial charge < -0.3 is 0 Å². The Labute approximate surface area is 71.7 Å². The van der Waals surface area contributed by atoms with E-state index >= 15 is 0 Å². The fourth-order valence-corrected chi connectivity index (χ4v) is 1.73. The van der Waals surface area contributed by atoms with Gasteiger partial charge in [0.15, 0.2) is 5.03 Å². The normalized spacial score (nSPS) is 11.5. The van der Waals surface area contributed by atoms with Crippen LogP contribution >= 0.6 is 0 Å². The van der Waals surface area contributed by atoms with Crippen molar-refractivity contribution >= 4 is 10.0 Å². The predicted octanol–water partition coefficient (Wildman–Crippen LogP) is 0.298. The van der Waals surface area contributed by atoms with Crippen LogP contribution in [0.1, 0.15) is 5.56 Å². The first-order chi connectivity index (χ1) is 5.58. The van der Waals surface area contributed by atoms with Crippen LogP contribution in [0.15, 0.2) is 23.4 Å². The van der Waals surface area contributed by atoms with Crippen LogP contribution in [0.2, 0.25) is 0 Å². The van der Waals surface area contributed by atoms with Crippen LogP contribution in [0.4, 0.5) is 0 Å². The second kappa shape index (κ2) is 3.20. The van der Waals surface area contributed by atoms with Gasteiger partial charge in [-0.1, -0.05) is 6.07 Å². The zero-order valence-corrected chi connectivity index (χ0v) is 7.72. The third-order valence-corrected chi connectivity index (χ3v) is 2.96. The first-order valence-corrected chi connectivity index (χ1v) is 4.91. The van der Waals surface area contributed by atoms with E-state index in [-0.39, 0.29) is 5.03 Å². The van der Waals surface area contributed by atoms with E-state index in [0.717, 1.165) is 0 Å². The molecule has 0 atom stereocenters. The van der Waals surface area contributed by atoms with Crippen molar-refractivity contribution in [3.63, 3.8) is 0 Å². The predicted molar refractivity (Wildman–Crippen MR) is 45.2 cm³/mol. The van der Waals surface area contributed by atoms with Gasteiger partial charge in [-0.15, -0.1) is 0 Å². The average molecular weight is 186 g/mol. The average Bonchev–Trinajstić information content (AvgIpc) is 2.05. The minimum absolute atomic E-state index is 0.0903. The fraction of sp³-hybridized carbons (Fsp3) is 0.286. The molecule has 0 saturated carbocycles. The molecule has 0 aromatic carbocycles. The van der Waals surface area contributed by atoms with Crippen LogP contribution in [-0.4, -0.2) is 20.4 Å². The molecule has 0 amide bonds. The Hall–Kier alpha value is -0.940. The molecule has 0 radical (unpaired) electrons. The van der Waals surface area contributed by atoms with Crippen LogP contribution in [0.3, 0.4) is 0 Å². The number of hydrogen-bond donors (Lipinski definition) is 1. The first-order valence-electron chi connectivity index (χ1n) is 3.43. The summed E-state index contributed by atoms with van der Waals surface area (Å²) in [6, 6.07) is 3.40. The van der Waals surface area contributed by atoms with Gasteiger partial charge in [0.05, 0.1) is 0 Å². The number of aryl methyl sites for hydroxylation is 1. The Morgan fingerprint density at radius 2 is 2.17 bits per heavy atom. The first kappa shape index (κ1) is 9.15. The number of pyridine rings is 1. The van der Waals surface area contributed by atoms with Gasteiger partial charge in [-0.25, -0.2) is 18.1 Å². The van der Waals surface area contributed by atoms with Gasteiger partial charge in [-0.05, 0) is 25.6 Å². The summed E-state index contributed by atoms with van der Waals surface area (Å²) < 4.78 is 24.7. The molecule has 1 aromatic rings.